The Morgan fingerprint density at radius 1 is 1.10 bits per heavy atom. The number of anilines is 2. The van der Waals surface area contributed by atoms with E-state index in [1.54, 1.807) is 28.6 Å². The summed E-state index contributed by atoms with van der Waals surface area (Å²) in [4.78, 5) is 18.6. The van der Waals surface area contributed by atoms with E-state index in [2.05, 4.69) is 17.6 Å². The first-order valence-corrected chi connectivity index (χ1v) is 14.7. The number of aromatic nitrogens is 3. The number of carbonyl (C=O) groups excluding carboxylic acids is 1. The normalized spacial score (nSPS) is 14.5. The molecule has 10 heteroatoms. The number of aryl methyl sites for hydroxylation is 1. The second-order valence-electron chi connectivity index (χ2n) is 9.41. The summed E-state index contributed by atoms with van der Waals surface area (Å²) in [5.74, 6) is 1.84. The van der Waals surface area contributed by atoms with Gasteiger partial charge in [0.05, 0.1) is 5.57 Å². The molecule has 40 heavy (non-hydrogen) atoms. The largest absolute Gasteiger partial charge is 0.488 e. The van der Waals surface area contributed by atoms with E-state index in [0.717, 1.165) is 34.6 Å². The van der Waals surface area contributed by atoms with E-state index in [0.29, 0.717) is 38.2 Å². The van der Waals surface area contributed by atoms with Crippen molar-refractivity contribution in [2.75, 3.05) is 16.4 Å². The molecular weight excluding hydrogens is 565 g/mol. The average Bonchev–Trinajstić information content (AvgIpc) is 3.34. The van der Waals surface area contributed by atoms with Crippen LogP contribution in [0.2, 0.25) is 10.0 Å². The summed E-state index contributed by atoms with van der Waals surface area (Å²) in [5.41, 5.74) is 4.51. The molecule has 206 valence electrons. The molecule has 0 bridgehead atoms. The second-order valence-corrected chi connectivity index (χ2v) is 11.3. The number of benzene rings is 3. The Morgan fingerprint density at radius 3 is 2.65 bits per heavy atom. The zero-order valence-electron chi connectivity index (χ0n) is 22.4. The van der Waals surface area contributed by atoms with Gasteiger partial charge in [-0.2, -0.15) is 4.98 Å². The Morgan fingerprint density at radius 2 is 1.88 bits per heavy atom. The Bertz CT molecular complexity index is 1590. The van der Waals surface area contributed by atoms with Crippen molar-refractivity contribution in [1.82, 2.24) is 14.8 Å². The molecule has 0 aliphatic carbocycles. The van der Waals surface area contributed by atoms with E-state index in [1.807, 2.05) is 68.4 Å². The number of ether oxygens (including phenoxy) is 1. The van der Waals surface area contributed by atoms with Crippen molar-refractivity contribution >= 4 is 52.5 Å². The summed E-state index contributed by atoms with van der Waals surface area (Å²) in [5, 5.41) is 13.0. The highest BCUT2D eigenvalue weighted by Gasteiger charge is 2.36. The molecule has 1 unspecified atom stereocenters. The Kier molecular flexibility index (Phi) is 8.69. The smallest absolute Gasteiger partial charge is 0.255 e. The fourth-order valence-electron chi connectivity index (χ4n) is 4.50. The summed E-state index contributed by atoms with van der Waals surface area (Å²) in [7, 11) is 0. The molecule has 0 fully saturated rings. The lowest BCUT2D eigenvalue weighted by atomic mass is 9.94. The third kappa shape index (κ3) is 5.99. The van der Waals surface area contributed by atoms with Gasteiger partial charge in [0.15, 0.2) is 0 Å². The number of allylic oxidation sites excluding steroid dienone is 1. The lowest BCUT2D eigenvalue weighted by Crippen LogP contribution is -2.32. The highest BCUT2D eigenvalue weighted by Crippen LogP contribution is 2.40. The van der Waals surface area contributed by atoms with Crippen LogP contribution in [0.4, 0.5) is 11.6 Å². The van der Waals surface area contributed by atoms with Gasteiger partial charge in [-0.25, -0.2) is 4.68 Å². The molecule has 7 nitrogen and oxygen atoms in total. The summed E-state index contributed by atoms with van der Waals surface area (Å²) in [6, 6.07) is 20.1. The molecule has 1 aliphatic heterocycles. The number of hydrogen-bond donors (Lipinski definition) is 2. The van der Waals surface area contributed by atoms with Crippen molar-refractivity contribution in [2.45, 2.75) is 45.0 Å². The molecule has 0 saturated heterocycles. The Balaban J connectivity index is 1.56. The molecule has 2 heterocycles. The van der Waals surface area contributed by atoms with Gasteiger partial charge in [0.25, 0.3) is 5.91 Å². The Labute approximate surface area is 247 Å². The van der Waals surface area contributed by atoms with Crippen LogP contribution in [0.15, 0.2) is 83.2 Å². The lowest BCUT2D eigenvalue weighted by molar-refractivity contribution is -0.113. The van der Waals surface area contributed by atoms with Gasteiger partial charge in [-0.05, 0) is 50.1 Å². The molecule has 4 aromatic rings. The number of fused-ring (bicyclic) bond motifs is 1. The maximum atomic E-state index is 13.9. The van der Waals surface area contributed by atoms with Crippen LogP contribution >= 0.6 is 35.0 Å². The standard InChI is InChI=1S/C30H29Cl2N5O2S/c1-4-15-40-30-35-29-33-19(3)26(28(38)34-24-11-7-5-9-18(24)2)27(37(29)36-30)22-10-6-8-12-25(22)39-17-20-13-14-21(31)16-23(20)32/h5-14,16,27H,4,15,17H2,1-3H3,(H,34,38)(H,33,35,36). The molecule has 1 amide bonds. The number of rotatable bonds is 9. The number of amides is 1. The van der Waals surface area contributed by atoms with Crippen molar-refractivity contribution in [3.8, 4) is 5.75 Å². The number of carbonyl (C=O) groups is 1. The topological polar surface area (TPSA) is 81.1 Å². The van der Waals surface area contributed by atoms with Crippen LogP contribution in [-0.4, -0.2) is 26.4 Å². The summed E-state index contributed by atoms with van der Waals surface area (Å²) < 4.78 is 8.09. The van der Waals surface area contributed by atoms with Crippen LogP contribution < -0.4 is 15.4 Å². The van der Waals surface area contributed by atoms with Crippen LogP contribution in [0.25, 0.3) is 0 Å². The van der Waals surface area contributed by atoms with E-state index in [4.69, 9.17) is 38.0 Å². The van der Waals surface area contributed by atoms with Crippen molar-refractivity contribution < 1.29 is 9.53 Å². The number of nitrogens with one attached hydrogen (secondary N) is 2. The minimum Gasteiger partial charge on any atom is -0.488 e. The quantitative estimate of drug-likeness (QED) is 0.192. The highest BCUT2D eigenvalue weighted by atomic mass is 35.5. The number of hydrogen-bond acceptors (Lipinski definition) is 6. The Hall–Kier alpha value is -3.46. The zero-order chi connectivity index (χ0) is 28.2. The van der Waals surface area contributed by atoms with Gasteiger partial charge < -0.3 is 15.4 Å². The molecule has 5 rings (SSSR count). The second kappa shape index (κ2) is 12.4. The van der Waals surface area contributed by atoms with Gasteiger partial charge in [-0.3, -0.25) is 4.79 Å². The maximum Gasteiger partial charge on any atom is 0.255 e. The third-order valence-corrected chi connectivity index (χ3v) is 8.15. The predicted molar refractivity (Wildman–Crippen MR) is 163 cm³/mol. The summed E-state index contributed by atoms with van der Waals surface area (Å²) in [6.45, 7) is 6.19. The van der Waals surface area contributed by atoms with E-state index in [9.17, 15) is 4.79 Å². The van der Waals surface area contributed by atoms with Crippen LogP contribution in [0, 0.1) is 6.92 Å². The van der Waals surface area contributed by atoms with E-state index >= 15 is 0 Å². The van der Waals surface area contributed by atoms with Crippen LogP contribution in [-0.2, 0) is 11.4 Å². The minimum atomic E-state index is -0.583. The van der Waals surface area contributed by atoms with Crippen LogP contribution in [0.3, 0.4) is 0 Å². The first-order valence-electron chi connectivity index (χ1n) is 13.0. The molecular formula is C30H29Cl2N5O2S. The van der Waals surface area contributed by atoms with E-state index in [1.165, 1.54) is 0 Å². The predicted octanol–water partition coefficient (Wildman–Crippen LogP) is 7.90. The lowest BCUT2D eigenvalue weighted by Gasteiger charge is -2.30. The fraction of sp³-hybridized carbons (Fsp3) is 0.233. The molecule has 3 aromatic carbocycles. The fourth-order valence-corrected chi connectivity index (χ4v) is 5.65. The molecule has 1 aliphatic rings. The van der Waals surface area contributed by atoms with Gasteiger partial charge in [0.1, 0.15) is 18.4 Å². The first kappa shape index (κ1) is 28.1. The number of nitrogens with zero attached hydrogens (tertiary/aromatic N) is 3. The maximum absolute atomic E-state index is 13.9. The molecule has 1 atom stereocenters. The monoisotopic (exact) mass is 593 g/mol. The van der Waals surface area contributed by atoms with Crippen molar-refractivity contribution in [1.29, 1.82) is 0 Å². The first-order chi connectivity index (χ1) is 19.4. The van der Waals surface area contributed by atoms with Crippen LogP contribution in [0.5, 0.6) is 5.75 Å². The number of para-hydroxylation sites is 2. The number of thioether (sulfide) groups is 1. The summed E-state index contributed by atoms with van der Waals surface area (Å²) >= 11 is 14.1. The van der Waals surface area contributed by atoms with Crippen molar-refractivity contribution in [3.05, 3.63) is 105 Å². The molecule has 0 radical (unpaired) electrons. The van der Waals surface area contributed by atoms with Gasteiger partial charge in [-0.15, -0.1) is 5.10 Å². The third-order valence-electron chi connectivity index (χ3n) is 6.52. The zero-order valence-corrected chi connectivity index (χ0v) is 24.7. The van der Waals surface area contributed by atoms with E-state index < -0.39 is 6.04 Å². The molecule has 0 spiro atoms. The average molecular weight is 595 g/mol. The van der Waals surface area contributed by atoms with Crippen molar-refractivity contribution in [3.63, 3.8) is 0 Å². The van der Waals surface area contributed by atoms with Gasteiger partial charge in [-0.1, -0.05) is 84.4 Å². The van der Waals surface area contributed by atoms with Crippen LogP contribution in [0.1, 0.15) is 43.0 Å². The van der Waals surface area contributed by atoms with Crippen molar-refractivity contribution in [2.24, 2.45) is 0 Å². The molecule has 0 saturated carbocycles. The van der Waals surface area contributed by atoms with Gasteiger partial charge in [0.2, 0.25) is 11.1 Å². The SMILES string of the molecule is CCCSc1nc2n(n1)C(c1ccccc1OCc1ccc(Cl)cc1Cl)C(C(=O)Nc1ccccc1C)=C(C)N2. The van der Waals surface area contributed by atoms with Gasteiger partial charge in [0, 0.05) is 38.3 Å². The molecule has 1 aromatic heterocycles. The number of halogens is 2. The van der Waals surface area contributed by atoms with E-state index in [-0.39, 0.29) is 12.5 Å². The molecule has 2 N–H and O–H groups in total. The van der Waals surface area contributed by atoms with Gasteiger partial charge >= 0.3 is 0 Å². The minimum absolute atomic E-state index is 0.229. The summed E-state index contributed by atoms with van der Waals surface area (Å²) in [6.07, 6.45) is 0.997. The highest BCUT2D eigenvalue weighted by molar-refractivity contribution is 7.99.